The molecule has 28 heavy (non-hydrogen) atoms. The van der Waals surface area contributed by atoms with Gasteiger partial charge in [-0.15, -0.1) is 0 Å². The van der Waals surface area contributed by atoms with Gasteiger partial charge in [-0.05, 0) is 36.8 Å². The summed E-state index contributed by atoms with van der Waals surface area (Å²) in [6.45, 7) is 1.57. The first-order valence-electron chi connectivity index (χ1n) is 8.72. The van der Waals surface area contributed by atoms with Crippen LogP contribution in [0.3, 0.4) is 0 Å². The van der Waals surface area contributed by atoms with E-state index in [2.05, 4.69) is 10.6 Å². The lowest BCUT2D eigenvalue weighted by Gasteiger charge is -2.14. The minimum Gasteiger partial charge on any atom is -0.454 e. The summed E-state index contributed by atoms with van der Waals surface area (Å²) in [6, 6.07) is 13.8. The molecule has 2 N–H and O–H groups in total. The van der Waals surface area contributed by atoms with Crippen LogP contribution in [0.2, 0.25) is 0 Å². The van der Waals surface area contributed by atoms with Crippen molar-refractivity contribution in [2.75, 3.05) is 13.3 Å². The summed E-state index contributed by atoms with van der Waals surface area (Å²) < 4.78 is 15.6. The summed E-state index contributed by atoms with van der Waals surface area (Å²) in [5.74, 6) is -0.247. The Morgan fingerprint density at radius 3 is 2.57 bits per heavy atom. The van der Waals surface area contributed by atoms with Crippen LogP contribution >= 0.6 is 0 Å². The molecule has 2 amide bonds. The van der Waals surface area contributed by atoms with E-state index in [0.717, 1.165) is 5.56 Å². The van der Waals surface area contributed by atoms with Gasteiger partial charge >= 0.3 is 5.97 Å². The van der Waals surface area contributed by atoms with Crippen molar-refractivity contribution in [3.63, 3.8) is 0 Å². The first-order valence-corrected chi connectivity index (χ1v) is 8.72. The van der Waals surface area contributed by atoms with Crippen molar-refractivity contribution >= 4 is 17.8 Å². The standard InChI is InChI=1S/C20H20N2O6/c1-13(28-18(23)11-22-20(25)15-5-3-2-4-6-15)19(24)21-10-14-7-8-16-17(9-14)27-12-26-16/h2-9,13H,10-12H2,1H3,(H,21,24)(H,22,25)/t13-/m0/s1. The molecule has 3 rings (SSSR count). The fourth-order valence-corrected chi connectivity index (χ4v) is 2.52. The number of benzene rings is 2. The average molecular weight is 384 g/mol. The number of ether oxygens (including phenoxy) is 3. The minimum absolute atomic E-state index is 0.180. The van der Waals surface area contributed by atoms with Crippen LogP contribution in [0.1, 0.15) is 22.8 Å². The number of amides is 2. The molecule has 0 aromatic heterocycles. The van der Waals surface area contributed by atoms with Gasteiger partial charge in [0, 0.05) is 12.1 Å². The number of hydrogen-bond acceptors (Lipinski definition) is 6. The number of esters is 1. The molecular weight excluding hydrogens is 364 g/mol. The second-order valence-corrected chi connectivity index (χ2v) is 6.09. The Kier molecular flexibility index (Phi) is 6.11. The van der Waals surface area contributed by atoms with E-state index >= 15 is 0 Å². The Morgan fingerprint density at radius 2 is 1.79 bits per heavy atom. The highest BCUT2D eigenvalue weighted by Gasteiger charge is 2.19. The van der Waals surface area contributed by atoms with Gasteiger partial charge in [-0.2, -0.15) is 0 Å². The SMILES string of the molecule is C[C@H](OC(=O)CNC(=O)c1ccccc1)C(=O)NCc1ccc2c(c1)OCO2. The molecule has 8 heteroatoms. The van der Waals surface area contributed by atoms with Gasteiger partial charge in [-0.3, -0.25) is 14.4 Å². The molecule has 0 bridgehead atoms. The summed E-state index contributed by atoms with van der Waals surface area (Å²) in [5, 5.41) is 5.14. The molecule has 0 saturated heterocycles. The van der Waals surface area contributed by atoms with Gasteiger partial charge in [0.15, 0.2) is 17.6 Å². The fourth-order valence-electron chi connectivity index (χ4n) is 2.52. The van der Waals surface area contributed by atoms with Crippen molar-refractivity contribution in [1.29, 1.82) is 0 Å². The molecular formula is C20H20N2O6. The van der Waals surface area contributed by atoms with Crippen molar-refractivity contribution in [1.82, 2.24) is 10.6 Å². The first kappa shape index (κ1) is 19.2. The summed E-state index contributed by atoms with van der Waals surface area (Å²) in [5.41, 5.74) is 1.26. The third-order valence-corrected chi connectivity index (χ3v) is 4.01. The van der Waals surface area contributed by atoms with E-state index in [0.29, 0.717) is 17.1 Å². The molecule has 0 radical (unpaired) electrons. The molecule has 0 spiro atoms. The second kappa shape index (κ2) is 8.90. The van der Waals surface area contributed by atoms with E-state index in [-0.39, 0.29) is 19.9 Å². The normalized spacial score (nSPS) is 12.8. The Hall–Kier alpha value is -3.55. The van der Waals surface area contributed by atoms with Crippen molar-refractivity contribution in [2.45, 2.75) is 19.6 Å². The quantitative estimate of drug-likeness (QED) is 0.700. The molecule has 146 valence electrons. The maximum atomic E-state index is 12.1. The zero-order valence-electron chi connectivity index (χ0n) is 15.3. The molecule has 0 saturated carbocycles. The highest BCUT2D eigenvalue weighted by Crippen LogP contribution is 2.32. The van der Waals surface area contributed by atoms with Gasteiger partial charge in [0.25, 0.3) is 11.8 Å². The van der Waals surface area contributed by atoms with Crippen molar-refractivity contribution in [3.8, 4) is 11.5 Å². The summed E-state index contributed by atoms with van der Waals surface area (Å²) in [7, 11) is 0. The fraction of sp³-hybridized carbons (Fsp3) is 0.250. The molecule has 1 heterocycles. The van der Waals surface area contributed by atoms with E-state index < -0.39 is 23.9 Å². The lowest BCUT2D eigenvalue weighted by molar-refractivity contribution is -0.153. The van der Waals surface area contributed by atoms with Crippen LogP contribution in [0, 0.1) is 0 Å². The molecule has 8 nitrogen and oxygen atoms in total. The van der Waals surface area contributed by atoms with Crippen molar-refractivity contribution in [2.24, 2.45) is 0 Å². The Morgan fingerprint density at radius 1 is 1.04 bits per heavy atom. The topological polar surface area (TPSA) is 103 Å². The van der Waals surface area contributed by atoms with Crippen LogP contribution in [-0.2, 0) is 20.9 Å². The van der Waals surface area contributed by atoms with Crippen molar-refractivity contribution in [3.05, 3.63) is 59.7 Å². The van der Waals surface area contributed by atoms with E-state index in [4.69, 9.17) is 14.2 Å². The maximum Gasteiger partial charge on any atom is 0.326 e. The number of carbonyl (C=O) groups excluding carboxylic acids is 3. The number of rotatable bonds is 7. The molecule has 1 aliphatic rings. The number of hydrogen-bond donors (Lipinski definition) is 2. The predicted octanol–water partition coefficient (Wildman–Crippen LogP) is 1.39. The van der Waals surface area contributed by atoms with Crippen LogP contribution in [0.4, 0.5) is 0 Å². The van der Waals surface area contributed by atoms with Crippen LogP contribution < -0.4 is 20.1 Å². The Labute approximate surface area is 161 Å². The van der Waals surface area contributed by atoms with E-state index in [1.807, 2.05) is 6.07 Å². The Bertz CT molecular complexity index is 868. The third-order valence-electron chi connectivity index (χ3n) is 4.01. The van der Waals surface area contributed by atoms with E-state index in [1.165, 1.54) is 6.92 Å². The van der Waals surface area contributed by atoms with Gasteiger partial charge < -0.3 is 24.8 Å². The Balaban J connectivity index is 1.41. The van der Waals surface area contributed by atoms with E-state index in [9.17, 15) is 14.4 Å². The zero-order chi connectivity index (χ0) is 19.9. The van der Waals surface area contributed by atoms with Gasteiger partial charge in [0.1, 0.15) is 6.54 Å². The molecule has 2 aromatic carbocycles. The predicted molar refractivity (Wildman–Crippen MR) is 98.7 cm³/mol. The molecule has 1 aliphatic heterocycles. The molecule has 1 atom stereocenters. The third kappa shape index (κ3) is 5.00. The molecule has 0 unspecified atom stereocenters. The minimum atomic E-state index is -0.991. The van der Waals surface area contributed by atoms with Gasteiger partial charge in [0.2, 0.25) is 6.79 Å². The van der Waals surface area contributed by atoms with Gasteiger partial charge in [0.05, 0.1) is 0 Å². The summed E-state index contributed by atoms with van der Waals surface area (Å²) in [4.78, 5) is 35.9. The highest BCUT2D eigenvalue weighted by atomic mass is 16.7. The van der Waals surface area contributed by atoms with Crippen LogP contribution in [0.15, 0.2) is 48.5 Å². The average Bonchev–Trinajstić information content (AvgIpc) is 3.18. The largest absolute Gasteiger partial charge is 0.454 e. The molecule has 0 fully saturated rings. The van der Waals surface area contributed by atoms with E-state index in [1.54, 1.807) is 42.5 Å². The number of carbonyl (C=O) groups is 3. The number of fused-ring (bicyclic) bond motifs is 1. The van der Waals surface area contributed by atoms with Crippen molar-refractivity contribution < 1.29 is 28.6 Å². The lowest BCUT2D eigenvalue weighted by Crippen LogP contribution is -2.38. The second-order valence-electron chi connectivity index (χ2n) is 6.09. The van der Waals surface area contributed by atoms with Gasteiger partial charge in [-0.25, -0.2) is 0 Å². The van der Waals surface area contributed by atoms with Gasteiger partial charge in [-0.1, -0.05) is 24.3 Å². The summed E-state index contributed by atoms with van der Waals surface area (Å²) >= 11 is 0. The molecule has 0 aliphatic carbocycles. The first-order chi connectivity index (χ1) is 13.5. The number of nitrogens with one attached hydrogen (secondary N) is 2. The summed E-state index contributed by atoms with van der Waals surface area (Å²) in [6.07, 6.45) is -0.991. The lowest BCUT2D eigenvalue weighted by atomic mass is 10.2. The zero-order valence-corrected chi connectivity index (χ0v) is 15.3. The monoisotopic (exact) mass is 384 g/mol. The smallest absolute Gasteiger partial charge is 0.326 e. The van der Waals surface area contributed by atoms with Crippen LogP contribution in [0.25, 0.3) is 0 Å². The highest BCUT2D eigenvalue weighted by molar-refractivity contribution is 5.96. The van der Waals surface area contributed by atoms with Crippen LogP contribution in [0.5, 0.6) is 11.5 Å². The van der Waals surface area contributed by atoms with Crippen LogP contribution in [-0.4, -0.2) is 37.2 Å². The maximum absolute atomic E-state index is 12.1. The molecule has 2 aromatic rings.